The molecule has 2 N–H and O–H groups in total. The molecule has 3 atom stereocenters. The van der Waals surface area contributed by atoms with Crippen molar-refractivity contribution in [2.24, 2.45) is 0 Å². The average Bonchev–Trinajstić information content (AvgIpc) is 3.51. The van der Waals surface area contributed by atoms with Gasteiger partial charge < -0.3 is 31.8 Å². The quantitative estimate of drug-likeness (QED) is 0.376. The van der Waals surface area contributed by atoms with Crippen molar-refractivity contribution in [2.45, 2.75) is 62.3 Å². The molecule has 0 amide bonds. The summed E-state index contributed by atoms with van der Waals surface area (Å²) in [6.07, 6.45) is 6.94. The normalized spacial score (nSPS) is 22.7. The summed E-state index contributed by atoms with van der Waals surface area (Å²) < 4.78 is 7.32. The van der Waals surface area contributed by atoms with E-state index in [9.17, 15) is 14.7 Å². The number of ether oxygens (including phenoxy) is 1. The van der Waals surface area contributed by atoms with Gasteiger partial charge in [-0.3, -0.25) is 0 Å². The number of benzene rings is 3. The Hall–Kier alpha value is -3.19. The summed E-state index contributed by atoms with van der Waals surface area (Å²) >= 11 is 0. The van der Waals surface area contributed by atoms with Gasteiger partial charge in [-0.05, 0) is 23.3 Å². The highest BCUT2D eigenvalue weighted by Crippen LogP contribution is 2.46. The van der Waals surface area contributed by atoms with Crippen molar-refractivity contribution in [1.82, 2.24) is 0 Å². The highest BCUT2D eigenvalue weighted by molar-refractivity contribution is 5.87. The van der Waals surface area contributed by atoms with Gasteiger partial charge >= 0.3 is 11.9 Å². The van der Waals surface area contributed by atoms with Crippen molar-refractivity contribution >= 4 is 11.9 Å². The molecule has 6 rings (SSSR count). The molecule has 3 aliphatic rings. The number of rotatable bonds is 5. The van der Waals surface area contributed by atoms with Gasteiger partial charge in [-0.25, -0.2) is 9.59 Å². The summed E-state index contributed by atoms with van der Waals surface area (Å²) in [5, 5.41) is 20.0. The van der Waals surface area contributed by atoms with E-state index in [0.29, 0.717) is 28.8 Å². The van der Waals surface area contributed by atoms with Gasteiger partial charge in [0.25, 0.3) is 0 Å². The molecule has 1 spiro atoms. The van der Waals surface area contributed by atoms with Gasteiger partial charge in [0.15, 0.2) is 0 Å². The summed E-state index contributed by atoms with van der Waals surface area (Å²) in [7, 11) is 0. The number of nitrogens with zero attached hydrogens (tertiary/aromatic N) is 1. The number of carboxylic acids is 1. The summed E-state index contributed by atoms with van der Waals surface area (Å²) in [5.41, 5.74) is -0.340. The summed E-state index contributed by atoms with van der Waals surface area (Å²) in [5.74, 6) is -1.43. The molecule has 39 heavy (non-hydrogen) atoms. The second-order valence-electron chi connectivity index (χ2n) is 10.8. The highest BCUT2D eigenvalue weighted by Gasteiger charge is 2.56. The smallest absolute Gasteiger partial charge is 0.347 e. The molecular weight excluding hydrogens is 514 g/mol. The van der Waals surface area contributed by atoms with Crippen LogP contribution < -0.4 is 12.4 Å². The van der Waals surface area contributed by atoms with Crippen LogP contribution in [0.15, 0.2) is 91.0 Å². The molecule has 3 aromatic carbocycles. The number of aliphatic hydroxyl groups is 1. The first-order valence-electron chi connectivity index (χ1n) is 13.6. The van der Waals surface area contributed by atoms with Crippen molar-refractivity contribution in [3.63, 3.8) is 0 Å². The van der Waals surface area contributed by atoms with E-state index >= 15 is 0 Å². The van der Waals surface area contributed by atoms with E-state index in [1.165, 1.54) is 43.3 Å². The fraction of sp³-hybridized carbons (Fsp3) is 0.375. The molecule has 3 heterocycles. The number of quaternary nitrogens is 1. The van der Waals surface area contributed by atoms with E-state index in [2.05, 4.69) is 0 Å². The van der Waals surface area contributed by atoms with Crippen LogP contribution in [0.4, 0.5) is 0 Å². The number of esters is 1. The first-order valence-corrected chi connectivity index (χ1v) is 13.6. The maximum atomic E-state index is 13.4. The number of aromatic carboxylic acids is 1. The first-order chi connectivity index (χ1) is 18.4. The molecule has 3 aromatic rings. The van der Waals surface area contributed by atoms with E-state index in [1.807, 2.05) is 36.4 Å². The molecule has 3 fully saturated rings. The van der Waals surface area contributed by atoms with Crippen LogP contribution in [-0.2, 0) is 15.1 Å². The molecule has 1 unspecified atom stereocenters. The molecule has 3 aliphatic heterocycles. The lowest BCUT2D eigenvalue weighted by Crippen LogP contribution is -3.00. The molecule has 0 aromatic heterocycles. The molecule has 0 aliphatic carbocycles. The first kappa shape index (κ1) is 28.8. The Morgan fingerprint density at radius 3 is 1.59 bits per heavy atom. The minimum Gasteiger partial charge on any atom is -1.00 e. The number of piperidine rings is 1. The minimum atomic E-state index is -1.78. The number of hydrogen-bond acceptors (Lipinski definition) is 4. The third-order valence-electron chi connectivity index (χ3n) is 8.73. The van der Waals surface area contributed by atoms with Crippen LogP contribution in [0.2, 0.25) is 0 Å². The van der Waals surface area contributed by atoms with Crippen molar-refractivity contribution < 1.29 is 41.4 Å². The lowest BCUT2D eigenvalue weighted by Gasteiger charge is -2.47. The molecular formula is C32H36ClNO5. The van der Waals surface area contributed by atoms with Crippen LogP contribution >= 0.6 is 0 Å². The molecule has 7 heteroatoms. The van der Waals surface area contributed by atoms with Crippen molar-refractivity contribution in [2.75, 3.05) is 13.1 Å². The van der Waals surface area contributed by atoms with Crippen LogP contribution in [0.3, 0.4) is 0 Å². The largest absolute Gasteiger partial charge is 1.00 e. The zero-order chi connectivity index (χ0) is 26.6. The number of halogens is 1. The fourth-order valence-electron chi connectivity index (χ4n) is 6.88. The lowest BCUT2D eigenvalue weighted by atomic mass is 9.86. The Bertz CT molecular complexity index is 1180. The monoisotopic (exact) mass is 549 g/mol. The Morgan fingerprint density at radius 2 is 1.18 bits per heavy atom. The topological polar surface area (TPSA) is 83.8 Å². The Labute approximate surface area is 236 Å². The SMILES string of the molecule is O=C(O)c1ccccc1.O=C(OC1C[C@H]2CC[C@@H](C1)[N+]21CCCC1)C(O)(c1ccccc1)c1ccccc1.[Cl-]. The summed E-state index contributed by atoms with van der Waals surface area (Å²) in [6.45, 7) is 2.60. The van der Waals surface area contributed by atoms with Crippen LogP contribution in [0.25, 0.3) is 0 Å². The summed E-state index contributed by atoms with van der Waals surface area (Å²) in [4.78, 5) is 23.6. The van der Waals surface area contributed by atoms with Crippen LogP contribution in [0, 0.1) is 0 Å². The van der Waals surface area contributed by atoms with Gasteiger partial charge in [-0.1, -0.05) is 78.9 Å². The van der Waals surface area contributed by atoms with Gasteiger partial charge in [0.1, 0.15) is 6.10 Å². The van der Waals surface area contributed by atoms with Crippen LogP contribution in [-0.4, -0.2) is 57.9 Å². The average molecular weight is 550 g/mol. The Balaban J connectivity index is 0.000000302. The molecule has 206 valence electrons. The Kier molecular flexibility index (Phi) is 9.11. The maximum absolute atomic E-state index is 13.4. The van der Waals surface area contributed by atoms with Gasteiger partial charge in [0, 0.05) is 38.5 Å². The third-order valence-corrected chi connectivity index (χ3v) is 8.73. The zero-order valence-electron chi connectivity index (χ0n) is 22.0. The molecule has 0 radical (unpaired) electrons. The van der Waals surface area contributed by atoms with Crippen LogP contribution in [0.5, 0.6) is 0 Å². The second-order valence-corrected chi connectivity index (χ2v) is 10.8. The van der Waals surface area contributed by atoms with Crippen molar-refractivity contribution in [3.05, 3.63) is 108 Å². The molecule has 6 nitrogen and oxygen atoms in total. The molecule has 0 saturated carbocycles. The van der Waals surface area contributed by atoms with Gasteiger partial charge in [-0.2, -0.15) is 0 Å². The number of hydrogen-bond donors (Lipinski definition) is 2. The predicted molar refractivity (Wildman–Crippen MR) is 144 cm³/mol. The van der Waals surface area contributed by atoms with Gasteiger partial charge in [0.05, 0.1) is 30.7 Å². The second kappa shape index (κ2) is 12.3. The van der Waals surface area contributed by atoms with E-state index in [0.717, 1.165) is 12.8 Å². The lowest BCUT2D eigenvalue weighted by molar-refractivity contribution is -0.956. The van der Waals surface area contributed by atoms with Crippen molar-refractivity contribution in [3.8, 4) is 0 Å². The summed E-state index contributed by atoms with van der Waals surface area (Å²) in [6, 6.07) is 27.9. The van der Waals surface area contributed by atoms with E-state index in [1.54, 1.807) is 54.6 Å². The minimum absolute atomic E-state index is 0. The zero-order valence-corrected chi connectivity index (χ0v) is 22.7. The van der Waals surface area contributed by atoms with Gasteiger partial charge in [-0.15, -0.1) is 0 Å². The standard InChI is InChI=1S/C25H30NO3.C7H6O2.ClH/c27-24(25(28,19-9-3-1-4-10-19)20-11-5-2-6-12-20)29-23-17-21-13-14-22(18-23)26(21)15-7-8-16-26;8-7(9)6-4-2-1-3-5-6;/h1-6,9-12,21-23,28H,7-8,13-18H2;1-5H,(H,8,9);1H/q+1;;/p-1/t21-,22+,23?;;. The van der Waals surface area contributed by atoms with Crippen molar-refractivity contribution in [1.29, 1.82) is 0 Å². The maximum Gasteiger partial charge on any atom is 0.347 e. The third kappa shape index (κ3) is 5.74. The number of carbonyl (C=O) groups excluding carboxylic acids is 1. The van der Waals surface area contributed by atoms with Crippen LogP contribution in [0.1, 0.15) is 60.0 Å². The predicted octanol–water partition coefficient (Wildman–Crippen LogP) is 2.16. The fourth-order valence-corrected chi connectivity index (χ4v) is 6.88. The van der Waals surface area contributed by atoms with E-state index in [4.69, 9.17) is 9.84 Å². The Morgan fingerprint density at radius 1 is 0.744 bits per heavy atom. The number of carboxylic acid groups (broad SMARTS) is 1. The van der Waals surface area contributed by atoms with E-state index < -0.39 is 17.5 Å². The molecule has 2 bridgehead atoms. The number of carbonyl (C=O) groups is 2. The van der Waals surface area contributed by atoms with Gasteiger partial charge in [0.2, 0.25) is 5.60 Å². The highest BCUT2D eigenvalue weighted by atomic mass is 35.5. The van der Waals surface area contributed by atoms with E-state index in [-0.39, 0.29) is 18.5 Å². The molecule has 3 saturated heterocycles.